The molecule has 1 amide bonds. The number of carbonyl (C=O) groups excluding carboxylic acids is 2. The molecule has 42 heavy (non-hydrogen) atoms. The number of halogens is 2. The third-order valence-corrected chi connectivity index (χ3v) is 9.96. The number of amides is 1. The smallest absolute Gasteiger partial charge is 0.301 e. The minimum absolute atomic E-state index is 0.119. The third kappa shape index (κ3) is 4.98. The van der Waals surface area contributed by atoms with Crippen molar-refractivity contribution < 1.29 is 14.7 Å². The molecule has 0 bridgehead atoms. The van der Waals surface area contributed by atoms with Crippen LogP contribution in [0.2, 0.25) is 10.0 Å². The largest absolute Gasteiger partial charge is 0.505 e. The Morgan fingerprint density at radius 1 is 1.02 bits per heavy atom. The van der Waals surface area contributed by atoms with Crippen LogP contribution in [0.1, 0.15) is 39.7 Å². The summed E-state index contributed by atoms with van der Waals surface area (Å²) >= 11 is 15.2. The molecule has 12 heteroatoms. The van der Waals surface area contributed by atoms with Crippen LogP contribution in [0.15, 0.2) is 70.7 Å². The van der Waals surface area contributed by atoms with Crippen molar-refractivity contribution >= 4 is 74.5 Å². The van der Waals surface area contributed by atoms with Crippen molar-refractivity contribution in [2.45, 2.75) is 36.9 Å². The minimum atomic E-state index is -1.03. The van der Waals surface area contributed by atoms with E-state index in [1.165, 1.54) is 33.6 Å². The maximum Gasteiger partial charge on any atom is 0.301 e. The van der Waals surface area contributed by atoms with Crippen molar-refractivity contribution in [3.63, 3.8) is 0 Å². The van der Waals surface area contributed by atoms with E-state index in [-0.39, 0.29) is 27.2 Å². The van der Waals surface area contributed by atoms with Crippen molar-refractivity contribution in [2.24, 2.45) is 0 Å². The van der Waals surface area contributed by atoms with Gasteiger partial charge in [0.05, 0.1) is 27.4 Å². The maximum absolute atomic E-state index is 13.6. The number of carbonyl (C=O) groups is 2. The van der Waals surface area contributed by atoms with Gasteiger partial charge in [-0.15, -0.1) is 10.2 Å². The van der Waals surface area contributed by atoms with Gasteiger partial charge in [0.25, 0.3) is 5.78 Å². The predicted molar refractivity (Wildman–Crippen MR) is 167 cm³/mol. The molecule has 1 aliphatic rings. The van der Waals surface area contributed by atoms with Crippen LogP contribution in [0, 0.1) is 20.8 Å². The average molecular weight is 637 g/mol. The standard InChI is InChI=1S/C30H23Cl2N5O3S2/c1-15-6-8-18(9-7-15)14-41-30-35-34-29(42-30)37-24(19-10-11-20(31)21(32)13-19)22(26(39)28(37)40)25(38)23-17(3)36-12-4-5-16(2)27(36)33-23/h4-13,24,38H,14H2,1-3H3/b25-22+. The molecular formula is C30H23Cl2N5O3S2. The fourth-order valence-electron chi connectivity index (χ4n) is 4.89. The first-order valence-corrected chi connectivity index (χ1v) is 15.4. The number of fused-ring (bicyclic) bond motifs is 1. The second-order valence-corrected chi connectivity index (χ2v) is 12.9. The zero-order valence-corrected chi connectivity index (χ0v) is 25.8. The molecule has 4 heterocycles. The topological polar surface area (TPSA) is 101 Å². The number of aliphatic hydroxyl groups excluding tert-OH is 1. The van der Waals surface area contributed by atoms with Crippen molar-refractivity contribution in [1.29, 1.82) is 0 Å². The number of anilines is 1. The number of imidazole rings is 1. The first-order valence-electron chi connectivity index (χ1n) is 12.9. The third-order valence-electron chi connectivity index (χ3n) is 7.10. The summed E-state index contributed by atoms with van der Waals surface area (Å²) in [4.78, 5) is 33.1. The Hall–Kier alpha value is -3.70. The Labute approximate surface area is 259 Å². The van der Waals surface area contributed by atoms with E-state index in [2.05, 4.69) is 27.3 Å². The highest BCUT2D eigenvalue weighted by Crippen LogP contribution is 2.45. The summed E-state index contributed by atoms with van der Waals surface area (Å²) in [5.74, 6) is -1.42. The second-order valence-electron chi connectivity index (χ2n) is 9.90. The van der Waals surface area contributed by atoms with Gasteiger partial charge in [-0.25, -0.2) is 4.98 Å². The van der Waals surface area contributed by atoms with Gasteiger partial charge in [-0.05, 0) is 55.7 Å². The summed E-state index contributed by atoms with van der Waals surface area (Å²) in [6, 6.07) is 15.8. The van der Waals surface area contributed by atoms with Crippen molar-refractivity contribution in [1.82, 2.24) is 19.6 Å². The number of Topliss-reactive ketones (excluding diaryl/α,β-unsaturated/α-hetero) is 1. The van der Waals surface area contributed by atoms with Gasteiger partial charge in [-0.1, -0.05) is 88.3 Å². The summed E-state index contributed by atoms with van der Waals surface area (Å²) in [6.07, 6.45) is 1.83. The lowest BCUT2D eigenvalue weighted by Gasteiger charge is -2.22. The molecule has 5 aromatic rings. The van der Waals surface area contributed by atoms with Gasteiger partial charge in [-0.3, -0.25) is 14.5 Å². The Morgan fingerprint density at radius 2 is 1.79 bits per heavy atom. The highest BCUT2D eigenvalue weighted by atomic mass is 35.5. The molecule has 6 rings (SSSR count). The normalized spacial score (nSPS) is 16.6. The molecule has 2 aromatic carbocycles. The lowest BCUT2D eigenvalue weighted by Crippen LogP contribution is -2.29. The zero-order chi connectivity index (χ0) is 29.7. The van der Waals surface area contributed by atoms with E-state index in [4.69, 9.17) is 23.2 Å². The number of benzene rings is 2. The van der Waals surface area contributed by atoms with Crippen LogP contribution in [0.25, 0.3) is 11.4 Å². The summed E-state index contributed by atoms with van der Waals surface area (Å²) in [6.45, 7) is 5.73. The number of hydrogen-bond acceptors (Lipinski definition) is 8. The predicted octanol–water partition coefficient (Wildman–Crippen LogP) is 7.34. The highest BCUT2D eigenvalue weighted by Gasteiger charge is 2.49. The highest BCUT2D eigenvalue weighted by molar-refractivity contribution is 8.00. The van der Waals surface area contributed by atoms with Crippen LogP contribution in [0.5, 0.6) is 0 Å². The van der Waals surface area contributed by atoms with E-state index in [9.17, 15) is 14.7 Å². The number of pyridine rings is 1. The molecule has 1 N–H and O–H groups in total. The van der Waals surface area contributed by atoms with Crippen LogP contribution in [0.3, 0.4) is 0 Å². The maximum atomic E-state index is 13.6. The lowest BCUT2D eigenvalue weighted by atomic mass is 9.96. The molecule has 1 atom stereocenters. The first kappa shape index (κ1) is 28.4. The first-order chi connectivity index (χ1) is 20.1. The van der Waals surface area contributed by atoms with Gasteiger partial charge in [0.2, 0.25) is 5.13 Å². The number of aliphatic hydroxyl groups is 1. The van der Waals surface area contributed by atoms with Crippen LogP contribution in [-0.4, -0.2) is 36.4 Å². The molecule has 0 aliphatic carbocycles. The molecule has 3 aromatic heterocycles. The van der Waals surface area contributed by atoms with Crippen LogP contribution >= 0.6 is 46.3 Å². The number of rotatable bonds is 6. The summed E-state index contributed by atoms with van der Waals surface area (Å²) < 4.78 is 2.46. The van der Waals surface area contributed by atoms with E-state index < -0.39 is 17.7 Å². The van der Waals surface area contributed by atoms with Crippen molar-refractivity contribution in [3.8, 4) is 0 Å². The number of aromatic nitrogens is 4. The van der Waals surface area contributed by atoms with E-state index in [0.717, 1.165) is 11.1 Å². The lowest BCUT2D eigenvalue weighted by molar-refractivity contribution is -0.132. The number of ketones is 1. The van der Waals surface area contributed by atoms with E-state index in [0.29, 0.717) is 32.0 Å². The molecule has 0 spiro atoms. The van der Waals surface area contributed by atoms with Gasteiger partial charge >= 0.3 is 5.91 Å². The van der Waals surface area contributed by atoms with Gasteiger partial charge in [0, 0.05) is 11.9 Å². The molecule has 212 valence electrons. The molecule has 0 radical (unpaired) electrons. The summed E-state index contributed by atoms with van der Waals surface area (Å²) in [5, 5.41) is 21.0. The zero-order valence-electron chi connectivity index (χ0n) is 22.6. The second kappa shape index (κ2) is 11.2. The SMILES string of the molecule is Cc1ccc(CSc2nnc(N3C(=O)C(=O)/C(=C(/O)c4nc5c(C)cccn5c4C)C3c3ccc(Cl)c(Cl)c3)s2)cc1. The van der Waals surface area contributed by atoms with Crippen molar-refractivity contribution in [3.05, 3.63) is 110 Å². The Kier molecular flexibility index (Phi) is 7.57. The fraction of sp³-hybridized carbons (Fsp3) is 0.167. The van der Waals surface area contributed by atoms with Gasteiger partial charge in [0.1, 0.15) is 11.3 Å². The van der Waals surface area contributed by atoms with Crippen LogP contribution in [-0.2, 0) is 15.3 Å². The summed E-state index contributed by atoms with van der Waals surface area (Å²) in [5.41, 5.74) is 5.01. The average Bonchev–Trinajstić information content (AvgIpc) is 3.65. The molecule has 1 unspecified atom stereocenters. The van der Waals surface area contributed by atoms with Crippen molar-refractivity contribution in [2.75, 3.05) is 4.90 Å². The Morgan fingerprint density at radius 3 is 2.50 bits per heavy atom. The number of aryl methyl sites for hydroxylation is 3. The summed E-state index contributed by atoms with van der Waals surface area (Å²) in [7, 11) is 0. The number of hydrogen-bond donors (Lipinski definition) is 1. The van der Waals surface area contributed by atoms with Gasteiger partial charge in [-0.2, -0.15) is 0 Å². The Bertz CT molecular complexity index is 1920. The van der Waals surface area contributed by atoms with E-state index in [1.807, 2.05) is 48.7 Å². The van der Waals surface area contributed by atoms with Crippen LogP contribution < -0.4 is 4.90 Å². The number of thioether (sulfide) groups is 1. The monoisotopic (exact) mass is 635 g/mol. The minimum Gasteiger partial charge on any atom is -0.505 e. The molecule has 8 nitrogen and oxygen atoms in total. The fourth-order valence-corrected chi connectivity index (χ4v) is 7.02. The molecular weight excluding hydrogens is 613 g/mol. The van der Waals surface area contributed by atoms with Gasteiger partial charge < -0.3 is 9.51 Å². The van der Waals surface area contributed by atoms with Gasteiger partial charge in [0.15, 0.2) is 10.1 Å². The molecule has 0 saturated carbocycles. The quantitative estimate of drug-likeness (QED) is 0.0685. The Balaban J connectivity index is 1.45. The molecule has 1 aliphatic heterocycles. The number of nitrogens with zero attached hydrogens (tertiary/aromatic N) is 5. The van der Waals surface area contributed by atoms with E-state index in [1.54, 1.807) is 25.1 Å². The molecule has 1 saturated heterocycles. The van der Waals surface area contributed by atoms with E-state index >= 15 is 0 Å². The van der Waals surface area contributed by atoms with Crippen LogP contribution in [0.4, 0.5) is 5.13 Å². The molecule has 1 fully saturated rings.